The minimum absolute atomic E-state index is 0.0330. The first kappa shape index (κ1) is 22.6. The van der Waals surface area contributed by atoms with E-state index in [0.717, 1.165) is 66.8 Å². The van der Waals surface area contributed by atoms with Crippen molar-refractivity contribution in [3.05, 3.63) is 66.9 Å². The number of nitrogens with zero attached hydrogens (tertiary/aromatic N) is 3. The van der Waals surface area contributed by atoms with Crippen molar-refractivity contribution in [2.45, 2.75) is 49.9 Å². The Balaban J connectivity index is 1.43. The predicted octanol–water partition coefficient (Wildman–Crippen LogP) is 3.86. The fourth-order valence-electron chi connectivity index (χ4n) is 4.48. The van der Waals surface area contributed by atoms with Crippen molar-refractivity contribution in [2.24, 2.45) is 0 Å². The second-order valence-corrected chi connectivity index (χ2v) is 10.5. The topological polar surface area (TPSA) is 88.4 Å². The summed E-state index contributed by atoms with van der Waals surface area (Å²) in [4.78, 5) is 5.13. The molecule has 2 N–H and O–H groups in total. The van der Waals surface area contributed by atoms with Crippen LogP contribution in [0, 0.1) is 0 Å². The van der Waals surface area contributed by atoms with Crippen LogP contribution in [0.1, 0.15) is 32.1 Å². The van der Waals surface area contributed by atoms with Crippen LogP contribution in [0.25, 0.3) is 16.9 Å². The van der Waals surface area contributed by atoms with Gasteiger partial charge in [0.2, 0.25) is 10.0 Å². The summed E-state index contributed by atoms with van der Waals surface area (Å²) >= 11 is 0. The van der Waals surface area contributed by atoms with E-state index in [-0.39, 0.29) is 10.9 Å². The van der Waals surface area contributed by atoms with Crippen molar-refractivity contribution in [1.82, 2.24) is 19.3 Å². The van der Waals surface area contributed by atoms with Gasteiger partial charge in [-0.2, -0.15) is 9.61 Å². The first-order valence-electron chi connectivity index (χ1n) is 11.9. The van der Waals surface area contributed by atoms with Gasteiger partial charge in [-0.25, -0.2) is 18.1 Å². The lowest BCUT2D eigenvalue weighted by atomic mass is 9.75. The smallest absolute Gasteiger partial charge is 0.240 e. The number of hydrogen-bond donors (Lipinski definition) is 2. The first-order valence-corrected chi connectivity index (χ1v) is 13.3. The standard InChI is InChI=1S/C25H28BN5O2S/c1-26-22-17-27-31-24(16-23(29-25(22)31)18-8-4-2-5-9-18)28-19-12-14-21(15-13-19)34(32,33)30-20-10-6-3-7-11-20/h2,4-5,8-9,12-17,20,26,28,30H,3,6-7,10-11H2,1H3. The van der Waals surface area contributed by atoms with Gasteiger partial charge in [0, 0.05) is 29.6 Å². The van der Waals surface area contributed by atoms with Gasteiger partial charge in [-0.15, -0.1) is 0 Å². The molecule has 0 bridgehead atoms. The molecule has 34 heavy (non-hydrogen) atoms. The molecule has 0 radical (unpaired) electrons. The Hall–Kier alpha value is -3.17. The van der Waals surface area contributed by atoms with E-state index in [4.69, 9.17) is 4.98 Å². The van der Waals surface area contributed by atoms with Crippen molar-refractivity contribution in [3.8, 4) is 11.3 Å². The molecule has 0 spiro atoms. The second kappa shape index (κ2) is 9.60. The number of rotatable bonds is 7. The molecule has 174 valence electrons. The van der Waals surface area contributed by atoms with E-state index in [2.05, 4.69) is 22.0 Å². The van der Waals surface area contributed by atoms with Crippen LogP contribution in [0.2, 0.25) is 6.82 Å². The molecule has 2 aromatic carbocycles. The van der Waals surface area contributed by atoms with E-state index >= 15 is 0 Å². The second-order valence-electron chi connectivity index (χ2n) is 8.76. The zero-order valence-electron chi connectivity index (χ0n) is 19.2. The van der Waals surface area contributed by atoms with Gasteiger partial charge >= 0.3 is 0 Å². The molecule has 0 amide bonds. The van der Waals surface area contributed by atoms with Crippen molar-refractivity contribution in [3.63, 3.8) is 0 Å². The molecular weight excluding hydrogens is 445 g/mol. The summed E-state index contributed by atoms with van der Waals surface area (Å²) < 4.78 is 30.3. The number of aromatic nitrogens is 3. The Morgan fingerprint density at radius 1 is 1.00 bits per heavy atom. The summed E-state index contributed by atoms with van der Waals surface area (Å²) in [6, 6.07) is 18.9. The van der Waals surface area contributed by atoms with Crippen LogP contribution < -0.4 is 15.5 Å². The average molecular weight is 473 g/mol. The predicted molar refractivity (Wildman–Crippen MR) is 138 cm³/mol. The molecule has 0 saturated heterocycles. The van der Waals surface area contributed by atoms with Crippen LogP contribution in [0.4, 0.5) is 11.5 Å². The Morgan fingerprint density at radius 3 is 2.44 bits per heavy atom. The monoisotopic (exact) mass is 473 g/mol. The average Bonchev–Trinajstić information content (AvgIpc) is 3.29. The number of fused-ring (bicyclic) bond motifs is 1. The van der Waals surface area contributed by atoms with E-state index in [1.165, 1.54) is 6.42 Å². The molecule has 2 heterocycles. The molecule has 0 aliphatic heterocycles. The Labute approximate surface area is 200 Å². The molecule has 1 aliphatic rings. The van der Waals surface area contributed by atoms with E-state index in [9.17, 15) is 8.42 Å². The third-order valence-corrected chi connectivity index (χ3v) is 7.90. The van der Waals surface area contributed by atoms with Crippen LogP contribution in [-0.2, 0) is 10.0 Å². The van der Waals surface area contributed by atoms with Gasteiger partial charge in [0.1, 0.15) is 5.82 Å². The van der Waals surface area contributed by atoms with E-state index in [0.29, 0.717) is 0 Å². The van der Waals surface area contributed by atoms with Crippen LogP contribution in [0.5, 0.6) is 0 Å². The van der Waals surface area contributed by atoms with E-state index in [1.54, 1.807) is 28.8 Å². The summed E-state index contributed by atoms with van der Waals surface area (Å²) in [6.45, 7) is 2.08. The van der Waals surface area contributed by atoms with Crippen LogP contribution >= 0.6 is 0 Å². The Kier molecular flexibility index (Phi) is 6.39. The van der Waals surface area contributed by atoms with Gasteiger partial charge in [-0.05, 0) is 42.6 Å². The van der Waals surface area contributed by atoms with Crippen LogP contribution in [-0.4, -0.2) is 36.3 Å². The van der Waals surface area contributed by atoms with Gasteiger partial charge < -0.3 is 5.32 Å². The normalized spacial score (nSPS) is 14.9. The summed E-state index contributed by atoms with van der Waals surface area (Å²) in [5.41, 5.74) is 4.52. The number of nitrogens with one attached hydrogen (secondary N) is 2. The lowest BCUT2D eigenvalue weighted by molar-refractivity contribution is 0.412. The highest BCUT2D eigenvalue weighted by Crippen LogP contribution is 2.25. The molecule has 1 saturated carbocycles. The maximum absolute atomic E-state index is 12.8. The van der Waals surface area contributed by atoms with Crippen LogP contribution in [0.15, 0.2) is 71.8 Å². The summed E-state index contributed by atoms with van der Waals surface area (Å²) in [7, 11) is -2.70. The molecular formula is C25H28BN5O2S. The third kappa shape index (κ3) is 4.71. The number of benzene rings is 2. The van der Waals surface area contributed by atoms with Crippen molar-refractivity contribution in [2.75, 3.05) is 5.32 Å². The summed E-state index contributed by atoms with van der Waals surface area (Å²) in [6.07, 6.45) is 7.00. The maximum Gasteiger partial charge on any atom is 0.240 e. The number of hydrogen-bond acceptors (Lipinski definition) is 5. The summed E-state index contributed by atoms with van der Waals surface area (Å²) in [5, 5.41) is 7.93. The van der Waals surface area contributed by atoms with Crippen molar-refractivity contribution < 1.29 is 8.42 Å². The number of sulfonamides is 1. The van der Waals surface area contributed by atoms with Gasteiger partial charge in [0.05, 0.1) is 10.6 Å². The molecule has 0 atom stereocenters. The quantitative estimate of drug-likeness (QED) is 0.398. The lowest BCUT2D eigenvalue weighted by Crippen LogP contribution is -2.36. The highest BCUT2D eigenvalue weighted by molar-refractivity contribution is 7.89. The fourth-order valence-corrected chi connectivity index (χ4v) is 5.78. The molecule has 1 fully saturated rings. The lowest BCUT2D eigenvalue weighted by Gasteiger charge is -2.22. The molecule has 0 unspecified atom stereocenters. The summed E-state index contributed by atoms with van der Waals surface area (Å²) in [5.74, 6) is 0.763. The largest absolute Gasteiger partial charge is 0.340 e. The highest BCUT2D eigenvalue weighted by atomic mass is 32.2. The van der Waals surface area contributed by atoms with Crippen molar-refractivity contribution in [1.29, 1.82) is 0 Å². The van der Waals surface area contributed by atoms with Gasteiger partial charge in [0.25, 0.3) is 0 Å². The first-order chi connectivity index (χ1) is 16.5. The zero-order chi connectivity index (χ0) is 23.5. The van der Waals surface area contributed by atoms with Crippen LogP contribution in [0.3, 0.4) is 0 Å². The molecule has 4 aromatic rings. The van der Waals surface area contributed by atoms with E-state index < -0.39 is 10.0 Å². The molecule has 2 aromatic heterocycles. The minimum Gasteiger partial charge on any atom is -0.340 e. The van der Waals surface area contributed by atoms with Gasteiger partial charge in [-0.3, -0.25) is 0 Å². The maximum atomic E-state index is 12.8. The molecule has 7 nitrogen and oxygen atoms in total. The van der Waals surface area contributed by atoms with Gasteiger partial charge in [-0.1, -0.05) is 56.4 Å². The molecule has 5 rings (SSSR count). The van der Waals surface area contributed by atoms with Gasteiger partial charge in [0.15, 0.2) is 12.9 Å². The Bertz CT molecular complexity index is 1380. The zero-order valence-corrected chi connectivity index (χ0v) is 20.1. The van der Waals surface area contributed by atoms with E-state index in [1.807, 2.05) is 42.6 Å². The Morgan fingerprint density at radius 2 is 1.74 bits per heavy atom. The minimum atomic E-state index is -3.53. The molecule has 9 heteroatoms. The highest BCUT2D eigenvalue weighted by Gasteiger charge is 2.22. The fraction of sp³-hybridized carbons (Fsp3) is 0.280. The third-order valence-electron chi connectivity index (χ3n) is 6.36. The van der Waals surface area contributed by atoms with Crippen molar-refractivity contribution >= 4 is 39.9 Å². The molecule has 1 aliphatic carbocycles. The SMILES string of the molecule is CBc1cnn2c(Nc3ccc(S(=O)(=O)NC4CCCCC4)cc3)cc(-c3ccccc3)nc12. The number of anilines is 2.